The van der Waals surface area contributed by atoms with Gasteiger partial charge in [0.25, 0.3) is 5.91 Å². The van der Waals surface area contributed by atoms with Gasteiger partial charge in [-0.2, -0.15) is 4.39 Å². The minimum Gasteiger partial charge on any atom is -0.383 e. The molecule has 3 aromatic rings. The average molecular weight is 477 g/mol. The molecule has 5 nitrogen and oxygen atoms in total. The Balaban J connectivity index is 1.45. The lowest BCUT2D eigenvalue weighted by atomic mass is 9.88. The van der Waals surface area contributed by atoms with E-state index in [9.17, 15) is 9.18 Å². The summed E-state index contributed by atoms with van der Waals surface area (Å²) in [5.74, 6) is -1.17. The van der Waals surface area contributed by atoms with Crippen molar-refractivity contribution in [3.63, 3.8) is 0 Å². The van der Waals surface area contributed by atoms with E-state index in [1.54, 1.807) is 12.1 Å². The fourth-order valence-electron chi connectivity index (χ4n) is 5.25. The van der Waals surface area contributed by atoms with E-state index >= 15 is 4.39 Å². The summed E-state index contributed by atoms with van der Waals surface area (Å²) < 4.78 is 29.9. The average Bonchev–Trinajstić information content (AvgIpc) is 2.85. The van der Waals surface area contributed by atoms with Crippen molar-refractivity contribution in [2.45, 2.75) is 45.1 Å². The maximum absolute atomic E-state index is 15.0. The van der Waals surface area contributed by atoms with Crippen molar-refractivity contribution in [1.82, 2.24) is 15.2 Å². The SMILES string of the molecule is CC(C)N1CCC(c2ccc(-c3cc(-c4cc5c(cc4F)C(=O)NCC5)c(N)nc3F)cc2)CC1. The Hall–Kier alpha value is -3.32. The number of hydrogen-bond acceptors (Lipinski definition) is 4. The standard InChI is InChI=1S/C28H30F2N4O/c1-16(2)34-11-8-18(9-12-34)17-3-5-19(6-4-17)21-14-24(27(31)33-26(21)30)23-13-20-7-10-32-28(35)22(20)15-25(23)29/h3-6,13-16,18H,7-12H2,1-2H3,(H2,31,33)(H,32,35). The number of carbonyl (C=O) groups is 1. The van der Waals surface area contributed by atoms with Gasteiger partial charge in [-0.15, -0.1) is 0 Å². The Morgan fingerprint density at radius 3 is 2.40 bits per heavy atom. The van der Waals surface area contributed by atoms with Crippen molar-refractivity contribution in [3.05, 3.63) is 70.9 Å². The summed E-state index contributed by atoms with van der Waals surface area (Å²) in [4.78, 5) is 18.4. The topological polar surface area (TPSA) is 71.2 Å². The maximum Gasteiger partial charge on any atom is 0.251 e. The normalized spacial score (nSPS) is 16.9. The molecule has 0 saturated carbocycles. The molecule has 1 aromatic heterocycles. The summed E-state index contributed by atoms with van der Waals surface area (Å²) in [7, 11) is 0. The highest BCUT2D eigenvalue weighted by Crippen LogP contribution is 2.36. The van der Waals surface area contributed by atoms with Crippen LogP contribution in [0, 0.1) is 11.8 Å². The Labute approximate surface area is 204 Å². The highest BCUT2D eigenvalue weighted by Gasteiger charge is 2.24. The van der Waals surface area contributed by atoms with Crippen LogP contribution in [0.15, 0.2) is 42.5 Å². The van der Waals surface area contributed by atoms with Gasteiger partial charge in [0.15, 0.2) is 0 Å². The van der Waals surface area contributed by atoms with Gasteiger partial charge in [0.2, 0.25) is 5.95 Å². The molecule has 2 aliphatic rings. The highest BCUT2D eigenvalue weighted by molar-refractivity contribution is 5.97. The fraction of sp³-hybridized carbons (Fsp3) is 0.357. The van der Waals surface area contributed by atoms with Crippen molar-refractivity contribution in [2.24, 2.45) is 0 Å². The second-order valence-electron chi connectivity index (χ2n) is 9.78. The molecular formula is C28H30F2N4O. The van der Waals surface area contributed by atoms with E-state index < -0.39 is 11.8 Å². The quantitative estimate of drug-likeness (QED) is 0.511. The number of nitrogens with two attached hydrogens (primary N) is 1. The largest absolute Gasteiger partial charge is 0.383 e. The fourth-order valence-corrected chi connectivity index (χ4v) is 5.25. The second kappa shape index (κ2) is 9.38. The molecule has 1 saturated heterocycles. The summed E-state index contributed by atoms with van der Waals surface area (Å²) in [6, 6.07) is 12.9. The van der Waals surface area contributed by atoms with Crippen LogP contribution in [0.3, 0.4) is 0 Å². The molecule has 0 unspecified atom stereocenters. The van der Waals surface area contributed by atoms with E-state index in [0.717, 1.165) is 31.5 Å². The molecule has 0 spiro atoms. The van der Waals surface area contributed by atoms with Crippen LogP contribution in [0.5, 0.6) is 0 Å². The number of rotatable bonds is 4. The van der Waals surface area contributed by atoms with Gasteiger partial charge in [-0.3, -0.25) is 4.79 Å². The number of amides is 1. The Kier molecular flexibility index (Phi) is 6.28. The van der Waals surface area contributed by atoms with E-state index in [1.807, 2.05) is 12.1 Å². The monoisotopic (exact) mass is 476 g/mol. The number of carbonyl (C=O) groups excluding carboxylic acids is 1. The molecule has 0 bridgehead atoms. The maximum atomic E-state index is 15.0. The predicted molar refractivity (Wildman–Crippen MR) is 134 cm³/mol. The first-order valence-electron chi connectivity index (χ1n) is 12.2. The number of likely N-dealkylation sites (tertiary alicyclic amines) is 1. The van der Waals surface area contributed by atoms with Gasteiger partial charge in [0.05, 0.1) is 0 Å². The van der Waals surface area contributed by atoms with Crippen LogP contribution >= 0.6 is 0 Å². The number of nitrogens with one attached hydrogen (secondary N) is 1. The van der Waals surface area contributed by atoms with Crippen LogP contribution in [0.25, 0.3) is 22.3 Å². The molecule has 1 amide bonds. The first kappa shape index (κ1) is 23.4. The molecule has 3 heterocycles. The smallest absolute Gasteiger partial charge is 0.251 e. The van der Waals surface area contributed by atoms with Gasteiger partial charge >= 0.3 is 0 Å². The molecule has 2 aromatic carbocycles. The van der Waals surface area contributed by atoms with Gasteiger partial charge in [0.1, 0.15) is 11.6 Å². The molecule has 1 fully saturated rings. The third kappa shape index (κ3) is 4.52. The van der Waals surface area contributed by atoms with Crippen LogP contribution in [0.4, 0.5) is 14.6 Å². The van der Waals surface area contributed by atoms with Crippen molar-refractivity contribution in [2.75, 3.05) is 25.4 Å². The summed E-state index contributed by atoms with van der Waals surface area (Å²) in [6.45, 7) is 7.11. The zero-order chi connectivity index (χ0) is 24.7. The molecule has 0 aliphatic carbocycles. The van der Waals surface area contributed by atoms with Crippen LogP contribution in [-0.4, -0.2) is 41.5 Å². The minimum atomic E-state index is -0.693. The lowest BCUT2D eigenvalue weighted by Crippen LogP contribution is -2.37. The summed E-state index contributed by atoms with van der Waals surface area (Å²) >= 11 is 0. The number of aromatic nitrogens is 1. The number of piperidine rings is 1. The van der Waals surface area contributed by atoms with Gasteiger partial charge in [-0.05, 0) is 87.0 Å². The number of nitrogen functional groups attached to an aromatic ring is 1. The van der Waals surface area contributed by atoms with Crippen LogP contribution < -0.4 is 11.1 Å². The zero-order valence-corrected chi connectivity index (χ0v) is 20.1. The summed E-state index contributed by atoms with van der Waals surface area (Å²) in [5.41, 5.74) is 9.81. The lowest BCUT2D eigenvalue weighted by Gasteiger charge is -2.34. The van der Waals surface area contributed by atoms with E-state index in [0.29, 0.717) is 41.6 Å². The van der Waals surface area contributed by atoms with Crippen molar-refractivity contribution in [3.8, 4) is 22.3 Å². The first-order chi connectivity index (χ1) is 16.8. The number of pyridine rings is 1. The van der Waals surface area contributed by atoms with Crippen LogP contribution in [0.2, 0.25) is 0 Å². The zero-order valence-electron chi connectivity index (χ0n) is 20.1. The number of anilines is 1. The summed E-state index contributed by atoms with van der Waals surface area (Å²) in [5, 5.41) is 2.71. The van der Waals surface area contributed by atoms with E-state index in [2.05, 4.69) is 41.2 Å². The Bertz CT molecular complexity index is 1260. The molecule has 5 rings (SSSR count). The van der Waals surface area contributed by atoms with E-state index in [-0.39, 0.29) is 22.9 Å². The minimum absolute atomic E-state index is 0.0844. The molecule has 182 valence electrons. The van der Waals surface area contributed by atoms with Crippen molar-refractivity contribution >= 4 is 11.7 Å². The van der Waals surface area contributed by atoms with Crippen LogP contribution in [0.1, 0.15) is 54.1 Å². The molecule has 3 N–H and O–H groups in total. The third-order valence-corrected chi connectivity index (χ3v) is 7.37. The molecule has 0 radical (unpaired) electrons. The first-order valence-corrected chi connectivity index (χ1v) is 12.2. The second-order valence-corrected chi connectivity index (χ2v) is 9.78. The van der Waals surface area contributed by atoms with Gasteiger partial charge in [-0.25, -0.2) is 9.37 Å². The lowest BCUT2D eigenvalue weighted by molar-refractivity contribution is 0.0945. The number of fused-ring (bicyclic) bond motifs is 1. The number of hydrogen-bond donors (Lipinski definition) is 2. The Morgan fingerprint density at radius 1 is 1.00 bits per heavy atom. The third-order valence-electron chi connectivity index (χ3n) is 7.37. The number of benzene rings is 2. The van der Waals surface area contributed by atoms with Crippen molar-refractivity contribution < 1.29 is 13.6 Å². The van der Waals surface area contributed by atoms with E-state index in [1.165, 1.54) is 11.6 Å². The summed E-state index contributed by atoms with van der Waals surface area (Å²) in [6.07, 6.45) is 2.80. The molecule has 35 heavy (non-hydrogen) atoms. The van der Waals surface area contributed by atoms with Gasteiger partial charge in [0, 0.05) is 34.8 Å². The predicted octanol–water partition coefficient (Wildman–Crippen LogP) is 5.15. The molecule has 7 heteroatoms. The molecular weight excluding hydrogens is 446 g/mol. The van der Waals surface area contributed by atoms with E-state index in [4.69, 9.17) is 5.73 Å². The van der Waals surface area contributed by atoms with Gasteiger partial charge in [-0.1, -0.05) is 24.3 Å². The van der Waals surface area contributed by atoms with Crippen molar-refractivity contribution in [1.29, 1.82) is 0 Å². The van der Waals surface area contributed by atoms with Crippen LogP contribution in [-0.2, 0) is 6.42 Å². The highest BCUT2D eigenvalue weighted by atomic mass is 19.1. The van der Waals surface area contributed by atoms with Gasteiger partial charge < -0.3 is 16.0 Å². The molecule has 0 atom stereocenters. The number of halogens is 2. The molecule has 2 aliphatic heterocycles. The number of nitrogens with zero attached hydrogens (tertiary/aromatic N) is 2. The Morgan fingerprint density at radius 2 is 1.71 bits per heavy atom.